The standard InChI is InChI=1S/C17H19N3O2/c21-17(14-11-16(22-19-14)13-5-6-13)18-8-10-20-9-7-12-3-1-2-4-15(12)20/h1-4,11,13H,5-10H2,(H,18,21). The van der Waals surface area contributed by atoms with E-state index in [-0.39, 0.29) is 5.91 Å². The molecule has 1 saturated carbocycles. The Kier molecular flexibility index (Phi) is 3.33. The molecule has 1 N–H and O–H groups in total. The Morgan fingerprint density at radius 3 is 3.09 bits per heavy atom. The molecule has 114 valence electrons. The third-order valence-corrected chi connectivity index (χ3v) is 4.39. The first kappa shape index (κ1) is 13.4. The van der Waals surface area contributed by atoms with Gasteiger partial charge >= 0.3 is 0 Å². The Morgan fingerprint density at radius 2 is 2.23 bits per heavy atom. The van der Waals surface area contributed by atoms with Crippen molar-refractivity contribution in [2.24, 2.45) is 0 Å². The van der Waals surface area contributed by atoms with Gasteiger partial charge in [0.05, 0.1) is 0 Å². The number of para-hydroxylation sites is 1. The first-order valence-corrected chi connectivity index (χ1v) is 7.89. The van der Waals surface area contributed by atoms with Crippen LogP contribution < -0.4 is 10.2 Å². The number of amides is 1. The van der Waals surface area contributed by atoms with Gasteiger partial charge in [-0.05, 0) is 30.9 Å². The number of nitrogens with zero attached hydrogens (tertiary/aromatic N) is 2. The summed E-state index contributed by atoms with van der Waals surface area (Å²) in [6, 6.07) is 10.2. The lowest BCUT2D eigenvalue weighted by Crippen LogP contribution is -2.34. The van der Waals surface area contributed by atoms with Gasteiger partial charge in [0, 0.05) is 37.3 Å². The average molecular weight is 297 g/mol. The molecular formula is C17H19N3O2. The fourth-order valence-corrected chi connectivity index (χ4v) is 2.99. The second kappa shape index (κ2) is 5.48. The number of benzene rings is 1. The van der Waals surface area contributed by atoms with E-state index in [0.717, 1.165) is 38.1 Å². The molecule has 4 rings (SSSR count). The van der Waals surface area contributed by atoms with Crippen LogP contribution in [0.5, 0.6) is 0 Å². The first-order valence-electron chi connectivity index (χ1n) is 7.89. The van der Waals surface area contributed by atoms with E-state index in [9.17, 15) is 4.79 Å². The van der Waals surface area contributed by atoms with E-state index in [0.29, 0.717) is 18.2 Å². The number of hydrogen-bond acceptors (Lipinski definition) is 4. The monoisotopic (exact) mass is 297 g/mol. The number of rotatable bonds is 5. The van der Waals surface area contributed by atoms with E-state index in [1.165, 1.54) is 11.3 Å². The third kappa shape index (κ3) is 2.58. The molecule has 0 saturated heterocycles. The predicted molar refractivity (Wildman–Crippen MR) is 83.2 cm³/mol. The molecule has 0 unspecified atom stereocenters. The lowest BCUT2D eigenvalue weighted by atomic mass is 10.2. The Morgan fingerprint density at radius 1 is 1.36 bits per heavy atom. The van der Waals surface area contributed by atoms with Gasteiger partial charge in [0.1, 0.15) is 5.76 Å². The molecule has 5 heteroatoms. The van der Waals surface area contributed by atoms with E-state index in [2.05, 4.69) is 39.6 Å². The molecule has 1 fully saturated rings. The highest BCUT2D eigenvalue weighted by molar-refractivity contribution is 5.92. The maximum absolute atomic E-state index is 12.1. The predicted octanol–water partition coefficient (Wildman–Crippen LogP) is 2.34. The zero-order chi connectivity index (χ0) is 14.9. The molecule has 0 atom stereocenters. The van der Waals surface area contributed by atoms with Gasteiger partial charge in [-0.1, -0.05) is 23.4 Å². The molecule has 0 radical (unpaired) electrons. The molecule has 0 bridgehead atoms. The van der Waals surface area contributed by atoms with Crippen LogP contribution >= 0.6 is 0 Å². The highest BCUT2D eigenvalue weighted by Crippen LogP contribution is 2.40. The zero-order valence-corrected chi connectivity index (χ0v) is 12.4. The van der Waals surface area contributed by atoms with Crippen molar-refractivity contribution in [2.45, 2.75) is 25.2 Å². The van der Waals surface area contributed by atoms with Gasteiger partial charge in [0.15, 0.2) is 5.69 Å². The smallest absolute Gasteiger partial charge is 0.273 e. The molecule has 1 aliphatic carbocycles. The molecule has 2 heterocycles. The van der Waals surface area contributed by atoms with Crippen LogP contribution in [0.4, 0.5) is 5.69 Å². The van der Waals surface area contributed by atoms with Gasteiger partial charge in [0.2, 0.25) is 0 Å². The number of carbonyl (C=O) groups is 1. The summed E-state index contributed by atoms with van der Waals surface area (Å²) >= 11 is 0. The quantitative estimate of drug-likeness (QED) is 0.920. The van der Waals surface area contributed by atoms with Gasteiger partial charge in [-0.2, -0.15) is 0 Å². The van der Waals surface area contributed by atoms with E-state index in [4.69, 9.17) is 4.52 Å². The third-order valence-electron chi connectivity index (χ3n) is 4.39. The van der Waals surface area contributed by atoms with Crippen molar-refractivity contribution in [1.82, 2.24) is 10.5 Å². The fraction of sp³-hybridized carbons (Fsp3) is 0.412. The molecule has 1 aromatic carbocycles. The molecule has 1 aromatic heterocycles. The van der Waals surface area contributed by atoms with Gasteiger partial charge in [0.25, 0.3) is 5.91 Å². The molecule has 2 aromatic rings. The largest absolute Gasteiger partial charge is 0.369 e. The Balaban J connectivity index is 1.30. The summed E-state index contributed by atoms with van der Waals surface area (Å²) in [4.78, 5) is 14.4. The van der Waals surface area contributed by atoms with Gasteiger partial charge in [-0.25, -0.2) is 0 Å². The average Bonchev–Trinajstić information content (AvgIpc) is 3.13. The van der Waals surface area contributed by atoms with Crippen LogP contribution in [-0.2, 0) is 6.42 Å². The van der Waals surface area contributed by atoms with Crippen LogP contribution in [0.25, 0.3) is 0 Å². The van der Waals surface area contributed by atoms with E-state index in [1.807, 2.05) is 0 Å². The Labute approximate surface area is 129 Å². The normalized spacial score (nSPS) is 16.6. The van der Waals surface area contributed by atoms with Crippen LogP contribution in [0.2, 0.25) is 0 Å². The first-order chi connectivity index (χ1) is 10.8. The topological polar surface area (TPSA) is 58.4 Å². The van der Waals surface area contributed by atoms with Crippen molar-refractivity contribution in [3.63, 3.8) is 0 Å². The van der Waals surface area contributed by atoms with Crippen molar-refractivity contribution < 1.29 is 9.32 Å². The summed E-state index contributed by atoms with van der Waals surface area (Å²) in [6.07, 6.45) is 3.37. The zero-order valence-electron chi connectivity index (χ0n) is 12.4. The lowest BCUT2D eigenvalue weighted by Gasteiger charge is -2.19. The Bertz CT molecular complexity index is 691. The summed E-state index contributed by atoms with van der Waals surface area (Å²) in [5, 5.41) is 6.79. The summed E-state index contributed by atoms with van der Waals surface area (Å²) in [7, 11) is 0. The molecule has 1 amide bonds. The fourth-order valence-electron chi connectivity index (χ4n) is 2.99. The lowest BCUT2D eigenvalue weighted by molar-refractivity contribution is 0.0945. The molecular weight excluding hydrogens is 278 g/mol. The number of fused-ring (bicyclic) bond motifs is 1. The molecule has 0 spiro atoms. The SMILES string of the molecule is O=C(NCCN1CCc2ccccc21)c1cc(C2CC2)on1. The molecule has 2 aliphatic rings. The molecule has 1 aliphatic heterocycles. The van der Waals surface area contributed by atoms with Crippen LogP contribution in [0.15, 0.2) is 34.9 Å². The van der Waals surface area contributed by atoms with Crippen LogP contribution in [0.3, 0.4) is 0 Å². The van der Waals surface area contributed by atoms with Crippen LogP contribution in [0.1, 0.15) is 40.6 Å². The maximum Gasteiger partial charge on any atom is 0.273 e. The van der Waals surface area contributed by atoms with Crippen molar-refractivity contribution in [2.75, 3.05) is 24.5 Å². The maximum atomic E-state index is 12.1. The number of carbonyl (C=O) groups excluding carboxylic acids is 1. The van der Waals surface area contributed by atoms with Crippen molar-refractivity contribution >= 4 is 11.6 Å². The summed E-state index contributed by atoms with van der Waals surface area (Å²) in [5.74, 6) is 1.18. The molecule has 22 heavy (non-hydrogen) atoms. The minimum atomic E-state index is -0.150. The Hall–Kier alpha value is -2.30. The molecule has 5 nitrogen and oxygen atoms in total. The minimum absolute atomic E-state index is 0.150. The van der Waals surface area contributed by atoms with E-state index in [1.54, 1.807) is 6.07 Å². The number of aromatic nitrogens is 1. The van der Waals surface area contributed by atoms with E-state index >= 15 is 0 Å². The van der Waals surface area contributed by atoms with Crippen molar-refractivity contribution in [3.05, 3.63) is 47.3 Å². The highest BCUT2D eigenvalue weighted by Gasteiger charge is 2.28. The van der Waals surface area contributed by atoms with Crippen LogP contribution in [0, 0.1) is 0 Å². The minimum Gasteiger partial charge on any atom is -0.369 e. The summed E-state index contributed by atoms with van der Waals surface area (Å²) in [5.41, 5.74) is 3.07. The van der Waals surface area contributed by atoms with Crippen LogP contribution in [-0.4, -0.2) is 30.7 Å². The highest BCUT2D eigenvalue weighted by atomic mass is 16.5. The van der Waals surface area contributed by atoms with Crippen molar-refractivity contribution in [3.8, 4) is 0 Å². The number of nitrogens with one attached hydrogen (secondary N) is 1. The van der Waals surface area contributed by atoms with E-state index < -0.39 is 0 Å². The second-order valence-corrected chi connectivity index (χ2v) is 6.01. The van der Waals surface area contributed by atoms with Crippen molar-refractivity contribution in [1.29, 1.82) is 0 Å². The second-order valence-electron chi connectivity index (χ2n) is 6.01. The number of hydrogen-bond donors (Lipinski definition) is 1. The van der Waals surface area contributed by atoms with Gasteiger partial charge in [-0.15, -0.1) is 0 Å². The van der Waals surface area contributed by atoms with Gasteiger partial charge < -0.3 is 14.7 Å². The summed E-state index contributed by atoms with van der Waals surface area (Å²) < 4.78 is 5.21. The number of anilines is 1. The van der Waals surface area contributed by atoms with Gasteiger partial charge in [-0.3, -0.25) is 4.79 Å². The summed E-state index contributed by atoms with van der Waals surface area (Å²) in [6.45, 7) is 2.44.